The van der Waals surface area contributed by atoms with Gasteiger partial charge < -0.3 is 14.7 Å². The number of amides is 1. The Morgan fingerprint density at radius 3 is 2.48 bits per heavy atom. The van der Waals surface area contributed by atoms with Gasteiger partial charge in [-0.2, -0.15) is 0 Å². The van der Waals surface area contributed by atoms with Gasteiger partial charge in [-0.05, 0) is 46.1 Å². The van der Waals surface area contributed by atoms with Crippen LogP contribution < -0.4 is 0 Å². The Balaban J connectivity index is 1.98. The van der Waals surface area contributed by atoms with Crippen molar-refractivity contribution in [2.75, 3.05) is 13.1 Å². The first-order valence-corrected chi connectivity index (χ1v) is 10.1. The average Bonchev–Trinajstić information content (AvgIpc) is 2.64. The van der Waals surface area contributed by atoms with Crippen LogP contribution in [0.15, 0.2) is 53.8 Å². The number of allylic oxidation sites excluding steroid dienone is 1. The van der Waals surface area contributed by atoms with Gasteiger partial charge in [0, 0.05) is 24.1 Å². The largest absolute Gasteiger partial charge is 0.515 e. The number of hydrogen-bond acceptors (Lipinski definition) is 4. The van der Waals surface area contributed by atoms with Crippen LogP contribution in [-0.2, 0) is 16.0 Å². The molecule has 2 aliphatic rings. The summed E-state index contributed by atoms with van der Waals surface area (Å²) in [7, 11) is 0. The van der Waals surface area contributed by atoms with Gasteiger partial charge in [-0.25, -0.2) is 4.79 Å². The third-order valence-corrected chi connectivity index (χ3v) is 5.88. The molecule has 1 heterocycles. The van der Waals surface area contributed by atoms with Crippen molar-refractivity contribution in [1.29, 1.82) is 0 Å². The monoisotopic (exact) mass is 397 g/mol. The van der Waals surface area contributed by atoms with Gasteiger partial charge in [-0.1, -0.05) is 48.9 Å². The molecule has 1 aromatic rings. The van der Waals surface area contributed by atoms with Gasteiger partial charge in [0.1, 0.15) is 5.60 Å². The Morgan fingerprint density at radius 2 is 1.90 bits per heavy atom. The molecule has 0 aromatic heterocycles. The van der Waals surface area contributed by atoms with Crippen molar-refractivity contribution < 1.29 is 19.4 Å². The summed E-state index contributed by atoms with van der Waals surface area (Å²) in [5.41, 5.74) is 0.755. The van der Waals surface area contributed by atoms with Crippen LogP contribution in [0.1, 0.15) is 46.6 Å². The second kappa shape index (κ2) is 7.36. The fourth-order valence-electron chi connectivity index (χ4n) is 4.79. The van der Waals surface area contributed by atoms with E-state index in [9.17, 15) is 14.7 Å². The standard InChI is InChI=1S/C24H31NO4/c1-22(2,3)29-21(28)25-12-11-19-23(4,16-25)14-18(15-26)20(27)24(19,5)13-17-9-7-6-8-10-17/h6-11,15,26H,12-14,16H2,1-5H3/b18-15-/t23-,24-/m0/s1. The predicted octanol–water partition coefficient (Wildman–Crippen LogP) is 4.83. The van der Waals surface area contributed by atoms with Gasteiger partial charge in [0.25, 0.3) is 0 Å². The second-order valence-electron chi connectivity index (χ2n) is 9.69. The van der Waals surface area contributed by atoms with Crippen LogP contribution in [-0.4, -0.2) is 40.6 Å². The molecule has 0 unspecified atom stereocenters. The van der Waals surface area contributed by atoms with E-state index in [-0.39, 0.29) is 11.9 Å². The summed E-state index contributed by atoms with van der Waals surface area (Å²) in [6, 6.07) is 9.92. The molecule has 156 valence electrons. The summed E-state index contributed by atoms with van der Waals surface area (Å²) in [6.45, 7) is 10.4. The van der Waals surface area contributed by atoms with Crippen LogP contribution in [0, 0.1) is 10.8 Å². The Hall–Kier alpha value is -2.56. The molecule has 2 atom stereocenters. The van der Waals surface area contributed by atoms with Crippen molar-refractivity contribution >= 4 is 11.9 Å². The minimum atomic E-state index is -0.761. The number of hydrogen-bond donors (Lipinski definition) is 1. The lowest BCUT2D eigenvalue weighted by Gasteiger charge is -2.51. The molecule has 1 saturated carbocycles. The molecule has 1 aromatic carbocycles. The lowest BCUT2D eigenvalue weighted by Crippen LogP contribution is -2.54. The molecular formula is C24H31NO4. The van der Waals surface area contributed by atoms with E-state index in [1.54, 1.807) is 4.90 Å². The van der Waals surface area contributed by atoms with E-state index in [0.717, 1.165) is 17.4 Å². The molecule has 0 saturated heterocycles. The van der Waals surface area contributed by atoms with Crippen molar-refractivity contribution in [3.05, 3.63) is 59.4 Å². The second-order valence-corrected chi connectivity index (χ2v) is 9.69. The number of aliphatic hydroxyl groups is 1. The van der Waals surface area contributed by atoms with Crippen LogP contribution in [0.3, 0.4) is 0 Å². The molecule has 1 aliphatic heterocycles. The zero-order valence-electron chi connectivity index (χ0n) is 18.0. The molecule has 0 radical (unpaired) electrons. The fourth-order valence-corrected chi connectivity index (χ4v) is 4.79. The highest BCUT2D eigenvalue weighted by atomic mass is 16.6. The maximum Gasteiger partial charge on any atom is 0.410 e. The number of ether oxygens (including phenoxy) is 1. The zero-order chi connectivity index (χ0) is 21.4. The first-order chi connectivity index (χ1) is 13.5. The molecule has 29 heavy (non-hydrogen) atoms. The smallest absolute Gasteiger partial charge is 0.410 e. The van der Waals surface area contributed by atoms with Crippen LogP contribution >= 0.6 is 0 Å². The van der Waals surface area contributed by atoms with Gasteiger partial charge in [-0.15, -0.1) is 0 Å². The maximum absolute atomic E-state index is 13.3. The number of fused-ring (bicyclic) bond motifs is 1. The van der Waals surface area contributed by atoms with Crippen LogP contribution in [0.25, 0.3) is 0 Å². The van der Waals surface area contributed by atoms with E-state index in [0.29, 0.717) is 31.5 Å². The van der Waals surface area contributed by atoms with Gasteiger partial charge in [0.2, 0.25) is 0 Å². The molecule has 1 amide bonds. The van der Waals surface area contributed by atoms with E-state index in [1.807, 2.05) is 64.1 Å². The molecule has 0 spiro atoms. The van der Waals surface area contributed by atoms with E-state index in [4.69, 9.17) is 4.74 Å². The first-order valence-electron chi connectivity index (χ1n) is 10.1. The summed E-state index contributed by atoms with van der Waals surface area (Å²) in [5.74, 6) is -0.0432. The Labute approximate surface area is 173 Å². The van der Waals surface area contributed by atoms with Crippen molar-refractivity contribution in [1.82, 2.24) is 4.90 Å². The SMILES string of the molecule is CC(C)(C)OC(=O)N1CC=C2[C@@](C)(C/C(=C/O)C(=O)[C@@]2(C)Cc2ccccc2)C1. The highest BCUT2D eigenvalue weighted by Crippen LogP contribution is 2.54. The van der Waals surface area contributed by atoms with Gasteiger partial charge >= 0.3 is 6.09 Å². The number of aliphatic hydroxyl groups excluding tert-OH is 1. The highest BCUT2D eigenvalue weighted by Gasteiger charge is 2.53. The Kier molecular flexibility index (Phi) is 5.37. The molecule has 5 heteroatoms. The van der Waals surface area contributed by atoms with Gasteiger partial charge in [0.05, 0.1) is 11.7 Å². The fraction of sp³-hybridized carbons (Fsp3) is 0.500. The quantitative estimate of drug-likeness (QED) is 0.441. The molecule has 1 N–H and O–H groups in total. The number of nitrogens with zero attached hydrogens (tertiary/aromatic N) is 1. The normalized spacial score (nSPS) is 28.7. The van der Waals surface area contributed by atoms with E-state index >= 15 is 0 Å². The first kappa shape index (κ1) is 21.2. The number of rotatable bonds is 2. The number of ketones is 1. The minimum Gasteiger partial charge on any atom is -0.515 e. The van der Waals surface area contributed by atoms with Crippen molar-refractivity contribution in [2.24, 2.45) is 10.8 Å². The lowest BCUT2D eigenvalue weighted by molar-refractivity contribution is -0.125. The number of carbonyl (C=O) groups is 2. The van der Waals surface area contributed by atoms with E-state index in [1.165, 1.54) is 0 Å². The lowest BCUT2D eigenvalue weighted by atomic mass is 9.55. The number of Topliss-reactive ketones (excluding diaryl/α,β-unsaturated/α-hetero) is 1. The summed E-state index contributed by atoms with van der Waals surface area (Å²) in [4.78, 5) is 27.6. The van der Waals surface area contributed by atoms with Crippen LogP contribution in [0.5, 0.6) is 0 Å². The van der Waals surface area contributed by atoms with Gasteiger partial charge in [0.15, 0.2) is 5.78 Å². The predicted molar refractivity (Wildman–Crippen MR) is 113 cm³/mol. The van der Waals surface area contributed by atoms with Crippen molar-refractivity contribution in [3.63, 3.8) is 0 Å². The summed E-state index contributed by atoms with van der Waals surface area (Å²) >= 11 is 0. The zero-order valence-corrected chi connectivity index (χ0v) is 18.0. The topological polar surface area (TPSA) is 66.8 Å². The summed E-state index contributed by atoms with van der Waals surface area (Å²) < 4.78 is 5.55. The Bertz CT molecular complexity index is 865. The third kappa shape index (κ3) is 4.09. The maximum atomic E-state index is 13.3. The molecular weight excluding hydrogens is 366 g/mol. The van der Waals surface area contributed by atoms with Crippen LogP contribution in [0.2, 0.25) is 0 Å². The highest BCUT2D eigenvalue weighted by molar-refractivity contribution is 6.03. The van der Waals surface area contributed by atoms with E-state index < -0.39 is 16.4 Å². The summed E-state index contributed by atoms with van der Waals surface area (Å²) in [5, 5.41) is 9.78. The molecule has 1 fully saturated rings. The van der Waals surface area contributed by atoms with Crippen LogP contribution in [0.4, 0.5) is 4.79 Å². The molecule has 5 nitrogen and oxygen atoms in total. The molecule has 0 bridgehead atoms. The van der Waals surface area contributed by atoms with E-state index in [2.05, 4.69) is 6.92 Å². The third-order valence-electron chi connectivity index (χ3n) is 5.88. The average molecular weight is 398 g/mol. The Morgan fingerprint density at radius 1 is 1.24 bits per heavy atom. The van der Waals surface area contributed by atoms with Crippen molar-refractivity contribution in [2.45, 2.75) is 53.1 Å². The van der Waals surface area contributed by atoms with Gasteiger partial charge in [-0.3, -0.25) is 4.79 Å². The number of carbonyl (C=O) groups excluding carboxylic acids is 2. The van der Waals surface area contributed by atoms with Crippen molar-refractivity contribution in [3.8, 4) is 0 Å². The minimum absolute atomic E-state index is 0.0432. The summed E-state index contributed by atoms with van der Waals surface area (Å²) in [6.07, 6.45) is 3.56. The molecule has 1 aliphatic carbocycles. The molecule has 3 rings (SSSR count). The number of benzene rings is 1.